The number of aromatic nitrogens is 2. The van der Waals surface area contributed by atoms with Crippen molar-refractivity contribution in [3.63, 3.8) is 0 Å². The quantitative estimate of drug-likeness (QED) is 0.533. The molecule has 3 nitrogen and oxygen atoms in total. The largest absolute Gasteiger partial charge is 0.508 e. The number of hydrogen-bond acceptors (Lipinski definition) is 3. The molecular formula is C21H16N2OS. The second-order valence-electron chi connectivity index (χ2n) is 5.58. The topological polar surface area (TPSA) is 38.0 Å². The Balaban J connectivity index is 1.82. The molecule has 0 aliphatic heterocycles. The summed E-state index contributed by atoms with van der Waals surface area (Å²) in [7, 11) is 0. The van der Waals surface area contributed by atoms with Gasteiger partial charge in [-0.1, -0.05) is 60.7 Å². The SMILES string of the molecule is Oc1ccc(Sn2cnc(-c3ccccc3)c2-c2ccccc2)cc1. The van der Waals surface area contributed by atoms with Gasteiger partial charge in [-0.2, -0.15) is 0 Å². The zero-order valence-electron chi connectivity index (χ0n) is 13.4. The van der Waals surface area contributed by atoms with E-state index in [9.17, 15) is 5.11 Å². The van der Waals surface area contributed by atoms with Gasteiger partial charge in [-0.15, -0.1) is 0 Å². The van der Waals surface area contributed by atoms with Crippen LogP contribution in [0, 0.1) is 0 Å². The maximum absolute atomic E-state index is 9.48. The molecule has 1 aromatic heterocycles. The lowest BCUT2D eigenvalue weighted by molar-refractivity contribution is 0.475. The van der Waals surface area contributed by atoms with E-state index in [1.54, 1.807) is 24.1 Å². The van der Waals surface area contributed by atoms with Crippen LogP contribution < -0.4 is 0 Å². The molecular weight excluding hydrogens is 328 g/mol. The van der Waals surface area contributed by atoms with Crippen LogP contribution in [0.4, 0.5) is 0 Å². The highest BCUT2D eigenvalue weighted by atomic mass is 32.2. The highest BCUT2D eigenvalue weighted by Crippen LogP contribution is 2.35. The molecule has 0 aliphatic rings. The number of imidazole rings is 1. The average molecular weight is 344 g/mol. The van der Waals surface area contributed by atoms with Gasteiger partial charge < -0.3 is 5.11 Å². The van der Waals surface area contributed by atoms with Crippen LogP contribution in [0.25, 0.3) is 22.5 Å². The highest BCUT2D eigenvalue weighted by Gasteiger charge is 2.15. The van der Waals surface area contributed by atoms with Gasteiger partial charge in [0.2, 0.25) is 0 Å². The van der Waals surface area contributed by atoms with Gasteiger partial charge in [-0.05, 0) is 36.2 Å². The van der Waals surface area contributed by atoms with Crippen molar-refractivity contribution in [1.29, 1.82) is 0 Å². The van der Waals surface area contributed by atoms with Gasteiger partial charge in [0.25, 0.3) is 0 Å². The Bertz CT molecular complexity index is 964. The molecule has 0 amide bonds. The summed E-state index contributed by atoms with van der Waals surface area (Å²) >= 11 is 1.58. The molecule has 122 valence electrons. The van der Waals surface area contributed by atoms with Crippen LogP contribution in [0.1, 0.15) is 0 Å². The summed E-state index contributed by atoms with van der Waals surface area (Å²) < 4.78 is 2.07. The minimum absolute atomic E-state index is 0.267. The van der Waals surface area contributed by atoms with Crippen LogP contribution in [0.5, 0.6) is 5.75 Å². The van der Waals surface area contributed by atoms with Crippen LogP contribution >= 0.6 is 11.9 Å². The maximum atomic E-state index is 9.48. The molecule has 0 saturated carbocycles. The van der Waals surface area contributed by atoms with Crippen molar-refractivity contribution in [3.05, 3.63) is 91.3 Å². The summed E-state index contributed by atoms with van der Waals surface area (Å²) in [4.78, 5) is 5.70. The lowest BCUT2D eigenvalue weighted by atomic mass is 10.1. The second kappa shape index (κ2) is 6.87. The lowest BCUT2D eigenvalue weighted by Crippen LogP contribution is -1.91. The van der Waals surface area contributed by atoms with E-state index in [4.69, 9.17) is 0 Å². The molecule has 0 saturated heterocycles. The Kier molecular flexibility index (Phi) is 4.27. The lowest BCUT2D eigenvalue weighted by Gasteiger charge is -2.10. The fraction of sp³-hybridized carbons (Fsp3) is 0. The molecule has 4 aromatic rings. The first kappa shape index (κ1) is 15.5. The van der Waals surface area contributed by atoms with Crippen LogP contribution in [0.2, 0.25) is 0 Å². The van der Waals surface area contributed by atoms with Crippen LogP contribution in [0.3, 0.4) is 0 Å². The molecule has 0 radical (unpaired) electrons. The minimum atomic E-state index is 0.267. The molecule has 0 atom stereocenters. The normalized spacial score (nSPS) is 10.7. The van der Waals surface area contributed by atoms with Crippen LogP contribution in [-0.2, 0) is 0 Å². The molecule has 4 heteroatoms. The Labute approximate surface area is 150 Å². The number of hydrogen-bond donors (Lipinski definition) is 1. The molecule has 0 fully saturated rings. The number of benzene rings is 3. The van der Waals surface area contributed by atoms with E-state index < -0.39 is 0 Å². The van der Waals surface area contributed by atoms with Gasteiger partial charge >= 0.3 is 0 Å². The van der Waals surface area contributed by atoms with Gasteiger partial charge in [-0.3, -0.25) is 3.97 Å². The number of nitrogens with zero attached hydrogens (tertiary/aromatic N) is 2. The fourth-order valence-electron chi connectivity index (χ4n) is 2.69. The van der Waals surface area contributed by atoms with Crippen LogP contribution in [0.15, 0.2) is 96.2 Å². The molecule has 25 heavy (non-hydrogen) atoms. The van der Waals surface area contributed by atoms with E-state index in [-0.39, 0.29) is 5.75 Å². The molecule has 1 N–H and O–H groups in total. The first-order valence-electron chi connectivity index (χ1n) is 7.97. The third-order valence-corrected chi connectivity index (χ3v) is 4.83. The molecule has 0 spiro atoms. The van der Waals surface area contributed by atoms with Gasteiger partial charge in [-0.25, -0.2) is 4.98 Å². The van der Waals surface area contributed by atoms with E-state index in [2.05, 4.69) is 33.2 Å². The predicted molar refractivity (Wildman–Crippen MR) is 102 cm³/mol. The standard InChI is InChI=1S/C21H16N2OS/c24-18-11-13-19(14-12-18)25-23-15-22-20(16-7-3-1-4-8-16)21(23)17-9-5-2-6-10-17/h1-15,24H. The number of aromatic hydroxyl groups is 1. The monoisotopic (exact) mass is 344 g/mol. The molecule has 3 aromatic carbocycles. The minimum Gasteiger partial charge on any atom is -0.508 e. The molecule has 0 bridgehead atoms. The molecule has 0 aliphatic carbocycles. The van der Waals surface area contributed by atoms with E-state index in [0.717, 1.165) is 27.4 Å². The Morgan fingerprint density at radius 3 is 1.96 bits per heavy atom. The fourth-order valence-corrected chi connectivity index (χ4v) is 3.55. The van der Waals surface area contributed by atoms with Crippen molar-refractivity contribution in [2.75, 3.05) is 0 Å². The van der Waals surface area contributed by atoms with E-state index in [1.165, 1.54) is 0 Å². The zero-order chi connectivity index (χ0) is 17.1. The van der Waals surface area contributed by atoms with Gasteiger partial charge in [0.1, 0.15) is 12.1 Å². The zero-order valence-corrected chi connectivity index (χ0v) is 14.2. The third-order valence-electron chi connectivity index (χ3n) is 3.87. The van der Waals surface area contributed by atoms with E-state index in [1.807, 2.05) is 54.9 Å². The number of phenols is 1. The van der Waals surface area contributed by atoms with Crippen molar-refractivity contribution in [3.8, 4) is 28.3 Å². The Morgan fingerprint density at radius 1 is 0.720 bits per heavy atom. The van der Waals surface area contributed by atoms with Crippen LogP contribution in [-0.4, -0.2) is 14.1 Å². The summed E-state index contributed by atoms with van der Waals surface area (Å²) in [5.74, 6) is 0.267. The smallest absolute Gasteiger partial charge is 0.115 e. The molecule has 4 rings (SSSR count). The Morgan fingerprint density at radius 2 is 1.32 bits per heavy atom. The summed E-state index contributed by atoms with van der Waals surface area (Å²) in [5, 5.41) is 9.48. The summed E-state index contributed by atoms with van der Waals surface area (Å²) in [6, 6.07) is 27.7. The number of phenolic OH excluding ortho intramolecular Hbond substituents is 1. The van der Waals surface area contributed by atoms with Gasteiger partial charge in [0.15, 0.2) is 0 Å². The van der Waals surface area contributed by atoms with Crippen molar-refractivity contribution >= 4 is 11.9 Å². The summed E-state index contributed by atoms with van der Waals surface area (Å²) in [6.07, 6.45) is 1.85. The van der Waals surface area contributed by atoms with Gasteiger partial charge in [0, 0.05) is 16.0 Å². The van der Waals surface area contributed by atoms with E-state index >= 15 is 0 Å². The average Bonchev–Trinajstić information content (AvgIpc) is 3.08. The summed E-state index contributed by atoms with van der Waals surface area (Å²) in [6.45, 7) is 0. The first-order chi connectivity index (χ1) is 12.3. The number of rotatable bonds is 4. The predicted octanol–water partition coefficient (Wildman–Crippen LogP) is 5.48. The third kappa shape index (κ3) is 3.30. The van der Waals surface area contributed by atoms with Gasteiger partial charge in [0.05, 0.1) is 11.4 Å². The maximum Gasteiger partial charge on any atom is 0.115 e. The first-order valence-corrected chi connectivity index (χ1v) is 8.74. The molecule has 0 unspecified atom stereocenters. The van der Waals surface area contributed by atoms with E-state index in [0.29, 0.717) is 0 Å². The summed E-state index contributed by atoms with van der Waals surface area (Å²) in [5.41, 5.74) is 4.22. The van der Waals surface area contributed by atoms with Crippen molar-refractivity contribution in [1.82, 2.24) is 8.96 Å². The van der Waals surface area contributed by atoms with Crippen molar-refractivity contribution in [2.24, 2.45) is 0 Å². The van der Waals surface area contributed by atoms with Crippen molar-refractivity contribution < 1.29 is 5.11 Å². The second-order valence-corrected chi connectivity index (χ2v) is 6.63. The Hall–Kier alpha value is -2.98. The van der Waals surface area contributed by atoms with Crippen molar-refractivity contribution in [2.45, 2.75) is 4.90 Å². The highest BCUT2D eigenvalue weighted by molar-refractivity contribution is 7.98. The molecule has 1 heterocycles.